The molecule has 0 spiro atoms. The lowest BCUT2D eigenvalue weighted by Crippen LogP contribution is -2.27. The van der Waals surface area contributed by atoms with E-state index >= 15 is 0 Å². The topological polar surface area (TPSA) is 62.3 Å². The molecule has 0 aliphatic heterocycles. The maximum absolute atomic E-state index is 12.0. The van der Waals surface area contributed by atoms with Gasteiger partial charge in [0, 0.05) is 26.3 Å². The van der Waals surface area contributed by atoms with E-state index in [1.54, 1.807) is 12.1 Å². The first-order valence-electron chi connectivity index (χ1n) is 7.56. The molecule has 1 N–H and O–H groups in total. The SMILES string of the molecule is CC1CCCCCC1Nc1ccc(S(=O)(=O)N(C)C)cn1. The third-order valence-corrected chi connectivity index (χ3v) is 6.01. The van der Waals surface area contributed by atoms with Gasteiger partial charge in [0.25, 0.3) is 0 Å². The second-order valence-electron chi connectivity index (χ2n) is 6.03. The molecule has 118 valence electrons. The summed E-state index contributed by atoms with van der Waals surface area (Å²) >= 11 is 0. The zero-order chi connectivity index (χ0) is 15.5. The first kappa shape index (κ1) is 16.2. The number of pyridine rings is 1. The molecule has 21 heavy (non-hydrogen) atoms. The van der Waals surface area contributed by atoms with Crippen LogP contribution in [0.3, 0.4) is 0 Å². The normalized spacial score (nSPS) is 23.8. The largest absolute Gasteiger partial charge is 0.367 e. The number of hydrogen-bond donors (Lipinski definition) is 1. The smallest absolute Gasteiger partial charge is 0.244 e. The van der Waals surface area contributed by atoms with Gasteiger partial charge in [0.15, 0.2) is 0 Å². The molecule has 2 atom stereocenters. The van der Waals surface area contributed by atoms with E-state index in [9.17, 15) is 8.42 Å². The first-order valence-corrected chi connectivity index (χ1v) is 9.00. The van der Waals surface area contributed by atoms with E-state index in [1.165, 1.54) is 50.3 Å². The molecule has 1 aliphatic rings. The van der Waals surface area contributed by atoms with Gasteiger partial charge in [-0.25, -0.2) is 17.7 Å². The minimum Gasteiger partial charge on any atom is -0.367 e. The van der Waals surface area contributed by atoms with Gasteiger partial charge in [-0.2, -0.15) is 0 Å². The highest BCUT2D eigenvalue weighted by Crippen LogP contribution is 2.25. The van der Waals surface area contributed by atoms with E-state index in [2.05, 4.69) is 17.2 Å². The molecule has 0 saturated heterocycles. The number of aromatic nitrogens is 1. The van der Waals surface area contributed by atoms with E-state index in [-0.39, 0.29) is 4.90 Å². The number of anilines is 1. The van der Waals surface area contributed by atoms with Crippen LogP contribution < -0.4 is 5.32 Å². The maximum Gasteiger partial charge on any atom is 0.244 e. The van der Waals surface area contributed by atoms with Crippen molar-refractivity contribution < 1.29 is 8.42 Å². The van der Waals surface area contributed by atoms with Gasteiger partial charge in [0.2, 0.25) is 10.0 Å². The fourth-order valence-electron chi connectivity index (χ4n) is 2.73. The number of rotatable bonds is 4. The van der Waals surface area contributed by atoms with E-state index in [0.717, 1.165) is 12.2 Å². The van der Waals surface area contributed by atoms with Crippen LogP contribution in [0.1, 0.15) is 39.0 Å². The summed E-state index contributed by atoms with van der Waals surface area (Å²) in [7, 11) is -0.355. The van der Waals surface area contributed by atoms with Crippen LogP contribution in [0.5, 0.6) is 0 Å². The summed E-state index contributed by atoms with van der Waals surface area (Å²) in [6.45, 7) is 2.27. The first-order chi connectivity index (χ1) is 9.91. The lowest BCUT2D eigenvalue weighted by Gasteiger charge is -2.23. The summed E-state index contributed by atoms with van der Waals surface area (Å²) in [5.41, 5.74) is 0. The Balaban J connectivity index is 2.09. The molecule has 0 bridgehead atoms. The average Bonchev–Trinajstić information content (AvgIpc) is 2.65. The average molecular weight is 311 g/mol. The molecule has 0 amide bonds. The monoisotopic (exact) mass is 311 g/mol. The summed E-state index contributed by atoms with van der Waals surface area (Å²) < 4.78 is 25.2. The Morgan fingerprint density at radius 3 is 2.52 bits per heavy atom. The second-order valence-corrected chi connectivity index (χ2v) is 8.18. The Labute approximate surface area is 127 Å². The van der Waals surface area contributed by atoms with E-state index in [4.69, 9.17) is 0 Å². The highest BCUT2D eigenvalue weighted by molar-refractivity contribution is 7.89. The maximum atomic E-state index is 12.0. The third-order valence-electron chi connectivity index (χ3n) is 4.21. The van der Waals surface area contributed by atoms with Crippen LogP contribution >= 0.6 is 0 Å². The molecular weight excluding hydrogens is 286 g/mol. The summed E-state index contributed by atoms with van der Waals surface area (Å²) in [6.07, 6.45) is 7.67. The van der Waals surface area contributed by atoms with Crippen molar-refractivity contribution in [3.63, 3.8) is 0 Å². The Hall–Kier alpha value is -1.14. The van der Waals surface area contributed by atoms with E-state index in [1.807, 2.05) is 0 Å². The zero-order valence-electron chi connectivity index (χ0n) is 13.0. The second kappa shape index (κ2) is 6.75. The fourth-order valence-corrected chi connectivity index (χ4v) is 3.57. The van der Waals surface area contributed by atoms with Gasteiger partial charge in [-0.3, -0.25) is 0 Å². The fraction of sp³-hybridized carbons (Fsp3) is 0.667. The summed E-state index contributed by atoms with van der Waals surface area (Å²) in [5, 5.41) is 3.46. The van der Waals surface area contributed by atoms with Gasteiger partial charge in [0.1, 0.15) is 10.7 Å². The van der Waals surface area contributed by atoms with Gasteiger partial charge >= 0.3 is 0 Å². The molecule has 5 nitrogen and oxygen atoms in total. The number of nitrogens with one attached hydrogen (secondary N) is 1. The van der Waals surface area contributed by atoms with Gasteiger partial charge in [-0.1, -0.05) is 26.2 Å². The van der Waals surface area contributed by atoms with Crippen molar-refractivity contribution in [1.82, 2.24) is 9.29 Å². The summed E-state index contributed by atoms with van der Waals surface area (Å²) in [4.78, 5) is 4.50. The Kier molecular flexibility index (Phi) is 5.22. The molecule has 0 aromatic carbocycles. The lowest BCUT2D eigenvalue weighted by molar-refractivity contribution is 0.455. The molecule has 1 aliphatic carbocycles. The molecule has 1 saturated carbocycles. The molecule has 1 aromatic heterocycles. The number of sulfonamides is 1. The Bertz CT molecular complexity index is 555. The molecule has 6 heteroatoms. The molecule has 0 radical (unpaired) electrons. The molecule has 1 aromatic rings. The van der Waals surface area contributed by atoms with Crippen molar-refractivity contribution in [2.24, 2.45) is 5.92 Å². The van der Waals surface area contributed by atoms with Crippen molar-refractivity contribution in [2.75, 3.05) is 19.4 Å². The highest BCUT2D eigenvalue weighted by Gasteiger charge is 2.21. The molecule has 1 heterocycles. The number of nitrogens with zero attached hydrogens (tertiary/aromatic N) is 2. The minimum atomic E-state index is -3.40. The van der Waals surface area contributed by atoms with Crippen LogP contribution in [0.15, 0.2) is 23.2 Å². The molecule has 2 unspecified atom stereocenters. The molecular formula is C15H25N3O2S. The lowest BCUT2D eigenvalue weighted by atomic mass is 9.97. The zero-order valence-corrected chi connectivity index (χ0v) is 13.9. The van der Waals surface area contributed by atoms with Gasteiger partial charge in [-0.15, -0.1) is 0 Å². The van der Waals surface area contributed by atoms with Crippen molar-refractivity contribution >= 4 is 15.8 Å². The van der Waals surface area contributed by atoms with Gasteiger partial charge in [0.05, 0.1) is 0 Å². The van der Waals surface area contributed by atoms with Gasteiger partial charge in [-0.05, 0) is 30.9 Å². The van der Waals surface area contributed by atoms with Crippen LogP contribution in [-0.2, 0) is 10.0 Å². The van der Waals surface area contributed by atoms with Crippen LogP contribution in [0, 0.1) is 5.92 Å². The minimum absolute atomic E-state index is 0.229. The summed E-state index contributed by atoms with van der Waals surface area (Å²) in [6, 6.07) is 3.80. The van der Waals surface area contributed by atoms with Crippen molar-refractivity contribution in [3.8, 4) is 0 Å². The van der Waals surface area contributed by atoms with E-state index in [0.29, 0.717) is 12.0 Å². The standard InChI is InChI=1S/C15H25N3O2S/c1-12-7-5-4-6-8-14(12)17-15-10-9-13(11-16-15)21(19,20)18(2)3/h9-12,14H,4-8H2,1-3H3,(H,16,17). The quantitative estimate of drug-likeness (QED) is 0.869. The molecule has 2 rings (SSSR count). The van der Waals surface area contributed by atoms with Crippen molar-refractivity contribution in [1.29, 1.82) is 0 Å². The third kappa shape index (κ3) is 3.95. The van der Waals surface area contributed by atoms with Crippen LogP contribution in [-0.4, -0.2) is 37.8 Å². The van der Waals surface area contributed by atoms with Crippen LogP contribution in [0.4, 0.5) is 5.82 Å². The molecule has 1 fully saturated rings. The number of hydrogen-bond acceptors (Lipinski definition) is 4. The highest BCUT2D eigenvalue weighted by atomic mass is 32.2. The van der Waals surface area contributed by atoms with Crippen molar-refractivity contribution in [3.05, 3.63) is 18.3 Å². The predicted octanol–water partition coefficient (Wildman–Crippen LogP) is 2.71. The van der Waals surface area contributed by atoms with Gasteiger partial charge < -0.3 is 5.32 Å². The Morgan fingerprint density at radius 2 is 1.90 bits per heavy atom. The summed E-state index contributed by atoms with van der Waals surface area (Å²) in [5.74, 6) is 1.38. The van der Waals surface area contributed by atoms with E-state index < -0.39 is 10.0 Å². The predicted molar refractivity (Wildman–Crippen MR) is 84.8 cm³/mol. The van der Waals surface area contributed by atoms with Crippen LogP contribution in [0.2, 0.25) is 0 Å². The Morgan fingerprint density at radius 1 is 1.19 bits per heavy atom. The van der Waals surface area contributed by atoms with Crippen LogP contribution in [0.25, 0.3) is 0 Å². The van der Waals surface area contributed by atoms with Crippen molar-refractivity contribution in [2.45, 2.75) is 50.0 Å².